The highest BCUT2D eigenvalue weighted by Crippen LogP contribution is 2.18. The molecule has 1 aromatic heterocycles. The van der Waals surface area contributed by atoms with Crippen LogP contribution in [0.3, 0.4) is 0 Å². The number of amides is 1. The molecule has 2 rings (SSSR count). The van der Waals surface area contributed by atoms with E-state index in [9.17, 15) is 4.79 Å². The van der Waals surface area contributed by atoms with Gasteiger partial charge in [0, 0.05) is 25.3 Å². The van der Waals surface area contributed by atoms with E-state index in [1.54, 1.807) is 0 Å². The number of carbonyl (C=O) groups is 1. The molecule has 16 heavy (non-hydrogen) atoms. The summed E-state index contributed by atoms with van der Waals surface area (Å²) in [5.74, 6) is 0.159. The lowest BCUT2D eigenvalue weighted by Crippen LogP contribution is -2.28. The SMILES string of the molecule is CCn1nc(C)c(C(=O)N2CCCC2)c1C. The normalized spacial score (nSPS) is 15.8. The first-order valence-corrected chi connectivity index (χ1v) is 5.98. The van der Waals surface area contributed by atoms with Crippen LogP contribution in [0.15, 0.2) is 0 Å². The maximum Gasteiger partial charge on any atom is 0.257 e. The van der Waals surface area contributed by atoms with Gasteiger partial charge in [-0.2, -0.15) is 5.10 Å². The molecule has 1 fully saturated rings. The standard InChI is InChI=1S/C12H19N3O/c1-4-15-10(3)11(9(2)13-15)12(16)14-7-5-6-8-14/h4-8H2,1-3H3. The van der Waals surface area contributed by atoms with E-state index < -0.39 is 0 Å². The molecule has 0 bridgehead atoms. The first kappa shape index (κ1) is 11.2. The summed E-state index contributed by atoms with van der Waals surface area (Å²) in [6.07, 6.45) is 2.26. The maximum atomic E-state index is 12.3. The molecule has 0 N–H and O–H groups in total. The molecule has 1 saturated heterocycles. The first-order chi connectivity index (χ1) is 7.65. The van der Waals surface area contributed by atoms with Crippen LogP contribution in [0.5, 0.6) is 0 Å². The molecular weight excluding hydrogens is 202 g/mol. The van der Waals surface area contributed by atoms with Crippen LogP contribution in [0.2, 0.25) is 0 Å². The van der Waals surface area contributed by atoms with Crippen LogP contribution < -0.4 is 0 Å². The van der Waals surface area contributed by atoms with E-state index in [4.69, 9.17) is 0 Å². The predicted molar refractivity (Wildman–Crippen MR) is 62.5 cm³/mol. The molecule has 0 aromatic carbocycles. The van der Waals surface area contributed by atoms with E-state index in [1.807, 2.05) is 30.4 Å². The summed E-state index contributed by atoms with van der Waals surface area (Å²) < 4.78 is 1.90. The summed E-state index contributed by atoms with van der Waals surface area (Å²) in [4.78, 5) is 14.2. The summed E-state index contributed by atoms with van der Waals surface area (Å²) in [6, 6.07) is 0. The molecule has 2 heterocycles. The summed E-state index contributed by atoms with van der Waals surface area (Å²) in [7, 11) is 0. The molecule has 0 unspecified atom stereocenters. The van der Waals surface area contributed by atoms with Crippen molar-refractivity contribution in [3.8, 4) is 0 Å². The van der Waals surface area contributed by atoms with Crippen molar-refractivity contribution < 1.29 is 4.79 Å². The quantitative estimate of drug-likeness (QED) is 0.763. The average molecular weight is 221 g/mol. The highest BCUT2D eigenvalue weighted by atomic mass is 16.2. The number of aromatic nitrogens is 2. The van der Waals surface area contributed by atoms with E-state index in [-0.39, 0.29) is 5.91 Å². The second-order valence-corrected chi connectivity index (χ2v) is 4.36. The van der Waals surface area contributed by atoms with Gasteiger partial charge < -0.3 is 4.90 Å². The number of likely N-dealkylation sites (tertiary alicyclic amines) is 1. The van der Waals surface area contributed by atoms with E-state index in [0.717, 1.165) is 49.4 Å². The van der Waals surface area contributed by atoms with Gasteiger partial charge in [0.15, 0.2) is 0 Å². The highest BCUT2D eigenvalue weighted by Gasteiger charge is 2.25. The van der Waals surface area contributed by atoms with Crippen molar-refractivity contribution in [3.63, 3.8) is 0 Å². The van der Waals surface area contributed by atoms with Crippen LogP contribution in [0.4, 0.5) is 0 Å². The second-order valence-electron chi connectivity index (χ2n) is 4.36. The number of carbonyl (C=O) groups excluding carboxylic acids is 1. The number of aryl methyl sites for hydroxylation is 2. The van der Waals surface area contributed by atoms with E-state index >= 15 is 0 Å². The molecule has 1 amide bonds. The fraction of sp³-hybridized carbons (Fsp3) is 0.667. The van der Waals surface area contributed by atoms with E-state index in [0.29, 0.717) is 0 Å². The van der Waals surface area contributed by atoms with Crippen molar-refractivity contribution in [3.05, 3.63) is 17.0 Å². The lowest BCUT2D eigenvalue weighted by Gasteiger charge is -2.15. The molecule has 88 valence electrons. The minimum Gasteiger partial charge on any atom is -0.339 e. The van der Waals surface area contributed by atoms with E-state index in [2.05, 4.69) is 5.10 Å². The molecule has 1 aromatic rings. The summed E-state index contributed by atoms with van der Waals surface area (Å²) in [5, 5.41) is 4.39. The highest BCUT2D eigenvalue weighted by molar-refractivity contribution is 5.96. The smallest absolute Gasteiger partial charge is 0.257 e. The molecule has 0 aliphatic carbocycles. The largest absolute Gasteiger partial charge is 0.339 e. The summed E-state index contributed by atoms with van der Waals surface area (Å²) >= 11 is 0. The average Bonchev–Trinajstić information content (AvgIpc) is 2.86. The zero-order valence-electron chi connectivity index (χ0n) is 10.3. The van der Waals surface area contributed by atoms with Gasteiger partial charge in [-0.3, -0.25) is 9.48 Å². The predicted octanol–water partition coefficient (Wildman–Crippen LogP) is 1.76. The Bertz CT molecular complexity index is 403. The zero-order chi connectivity index (χ0) is 11.7. The third-order valence-corrected chi connectivity index (χ3v) is 3.29. The summed E-state index contributed by atoms with van der Waals surface area (Å²) in [5.41, 5.74) is 2.66. The van der Waals surface area contributed by atoms with Gasteiger partial charge in [-0.05, 0) is 33.6 Å². The Labute approximate surface area is 96.2 Å². The van der Waals surface area contributed by atoms with Crippen molar-refractivity contribution in [1.29, 1.82) is 0 Å². The van der Waals surface area contributed by atoms with Gasteiger partial charge in [-0.15, -0.1) is 0 Å². The van der Waals surface area contributed by atoms with Gasteiger partial charge in [0.25, 0.3) is 5.91 Å². The Morgan fingerprint density at radius 3 is 2.44 bits per heavy atom. The lowest BCUT2D eigenvalue weighted by molar-refractivity contribution is 0.0791. The molecule has 4 heteroatoms. The van der Waals surface area contributed by atoms with Gasteiger partial charge in [-0.1, -0.05) is 0 Å². The third kappa shape index (κ3) is 1.72. The fourth-order valence-corrected chi connectivity index (χ4v) is 2.39. The molecule has 1 aliphatic heterocycles. The Balaban J connectivity index is 2.32. The monoisotopic (exact) mass is 221 g/mol. The number of hydrogen-bond acceptors (Lipinski definition) is 2. The van der Waals surface area contributed by atoms with Crippen molar-refractivity contribution in [2.24, 2.45) is 0 Å². The lowest BCUT2D eigenvalue weighted by atomic mass is 10.1. The van der Waals surface area contributed by atoms with Crippen LogP contribution in [-0.2, 0) is 6.54 Å². The first-order valence-electron chi connectivity index (χ1n) is 5.98. The Hall–Kier alpha value is -1.32. The van der Waals surface area contributed by atoms with Gasteiger partial charge in [0.2, 0.25) is 0 Å². The van der Waals surface area contributed by atoms with Crippen LogP contribution in [0, 0.1) is 13.8 Å². The molecule has 1 aliphatic rings. The molecule has 4 nitrogen and oxygen atoms in total. The molecular formula is C12H19N3O. The number of nitrogens with zero attached hydrogens (tertiary/aromatic N) is 3. The van der Waals surface area contributed by atoms with E-state index in [1.165, 1.54) is 0 Å². The third-order valence-electron chi connectivity index (χ3n) is 3.29. The zero-order valence-corrected chi connectivity index (χ0v) is 10.3. The van der Waals surface area contributed by atoms with Crippen LogP contribution in [0.25, 0.3) is 0 Å². The summed E-state index contributed by atoms with van der Waals surface area (Å²) in [6.45, 7) is 8.56. The van der Waals surface area contributed by atoms with Gasteiger partial charge >= 0.3 is 0 Å². The van der Waals surface area contributed by atoms with Gasteiger partial charge in [0.05, 0.1) is 11.3 Å². The topological polar surface area (TPSA) is 38.1 Å². The molecule has 0 radical (unpaired) electrons. The van der Waals surface area contributed by atoms with Crippen LogP contribution >= 0.6 is 0 Å². The minimum atomic E-state index is 0.159. The Morgan fingerprint density at radius 1 is 1.31 bits per heavy atom. The Morgan fingerprint density at radius 2 is 1.94 bits per heavy atom. The van der Waals surface area contributed by atoms with Crippen LogP contribution in [0.1, 0.15) is 41.5 Å². The number of hydrogen-bond donors (Lipinski definition) is 0. The van der Waals surface area contributed by atoms with Crippen LogP contribution in [-0.4, -0.2) is 33.7 Å². The van der Waals surface area contributed by atoms with Gasteiger partial charge in [-0.25, -0.2) is 0 Å². The Kier molecular flexibility index (Phi) is 2.99. The van der Waals surface area contributed by atoms with Crippen molar-refractivity contribution >= 4 is 5.91 Å². The second kappa shape index (κ2) is 4.28. The van der Waals surface area contributed by atoms with Crippen molar-refractivity contribution in [2.45, 2.75) is 40.2 Å². The number of rotatable bonds is 2. The minimum absolute atomic E-state index is 0.159. The molecule has 0 spiro atoms. The van der Waals surface area contributed by atoms with Crippen molar-refractivity contribution in [2.75, 3.05) is 13.1 Å². The van der Waals surface area contributed by atoms with Crippen molar-refractivity contribution in [1.82, 2.24) is 14.7 Å². The molecule has 0 atom stereocenters. The molecule has 0 saturated carbocycles. The maximum absolute atomic E-state index is 12.3. The van der Waals surface area contributed by atoms with Gasteiger partial charge in [0.1, 0.15) is 0 Å². The fourth-order valence-electron chi connectivity index (χ4n) is 2.39.